The highest BCUT2D eigenvalue weighted by Gasteiger charge is 2.25. The molecule has 3 rings (SSSR count). The van der Waals surface area contributed by atoms with Crippen molar-refractivity contribution in [3.8, 4) is 11.3 Å². The zero-order valence-electron chi connectivity index (χ0n) is 19.6. The van der Waals surface area contributed by atoms with E-state index in [9.17, 15) is 21.6 Å². The van der Waals surface area contributed by atoms with Gasteiger partial charge in [-0.2, -0.15) is 0 Å². The van der Waals surface area contributed by atoms with Gasteiger partial charge in [0.1, 0.15) is 11.5 Å². The summed E-state index contributed by atoms with van der Waals surface area (Å²) in [6, 6.07) is 10.4. The maximum Gasteiger partial charge on any atom is 0.410 e. The van der Waals surface area contributed by atoms with Crippen LogP contribution >= 0.6 is 0 Å². The fourth-order valence-corrected chi connectivity index (χ4v) is 4.98. The Morgan fingerprint density at radius 2 is 1.71 bits per heavy atom. The number of ether oxygens (including phenoxy) is 1. The molecule has 34 heavy (non-hydrogen) atoms. The largest absolute Gasteiger partial charge is 0.444 e. The monoisotopic (exact) mass is 505 g/mol. The van der Waals surface area contributed by atoms with Gasteiger partial charge in [-0.1, -0.05) is 12.1 Å². The number of carbonyl (C=O) groups is 1. The number of sulfone groups is 1. The average molecular weight is 506 g/mol. The molecule has 0 fully saturated rings. The smallest absolute Gasteiger partial charge is 0.410 e. The van der Waals surface area contributed by atoms with Crippen molar-refractivity contribution < 1.29 is 26.4 Å². The fourth-order valence-electron chi connectivity index (χ4n) is 2.99. The highest BCUT2D eigenvalue weighted by atomic mass is 32.2. The molecule has 0 N–H and O–H groups in total. The summed E-state index contributed by atoms with van der Waals surface area (Å²) in [7, 11) is -5.82. The normalized spacial score (nSPS) is 12.4. The van der Waals surface area contributed by atoms with Crippen LogP contribution in [0.5, 0.6) is 0 Å². The molecule has 9 nitrogen and oxygen atoms in total. The Hall–Kier alpha value is -3.18. The van der Waals surface area contributed by atoms with E-state index >= 15 is 0 Å². The number of carbonyl (C=O) groups excluding carboxylic acids is 1. The van der Waals surface area contributed by atoms with Crippen LogP contribution in [0.15, 0.2) is 70.8 Å². The lowest BCUT2D eigenvalue weighted by atomic mass is 10.1. The van der Waals surface area contributed by atoms with Crippen LogP contribution in [0.4, 0.5) is 4.79 Å². The highest BCUT2D eigenvalue weighted by Crippen LogP contribution is 2.28. The minimum Gasteiger partial charge on any atom is -0.444 e. The quantitative estimate of drug-likeness (QED) is 0.503. The number of hydrogen-bond donors (Lipinski definition) is 0. The van der Waals surface area contributed by atoms with Crippen LogP contribution in [0, 0.1) is 0 Å². The number of hydrogen-bond acceptors (Lipinski definition) is 7. The first-order valence-corrected chi connectivity index (χ1v) is 13.6. The standard InChI is InChI=1S/C23H27N3O6S2/c1-23(2,3)25(4)22(27)32-16-17-13-21(18-8-10-19(11-9-18)33(5,28)29)26(15-17)34(30,31)20-7-6-12-24-14-20/h6-15H,16H2,1-5H3. The summed E-state index contributed by atoms with van der Waals surface area (Å²) in [5.41, 5.74) is 0.771. The first kappa shape index (κ1) is 25.4. The Balaban J connectivity index is 2.03. The number of pyridine rings is 1. The Morgan fingerprint density at radius 1 is 1.06 bits per heavy atom. The molecule has 0 atom stereocenters. The topological polar surface area (TPSA) is 116 Å². The van der Waals surface area contributed by atoms with Gasteiger partial charge in [-0.25, -0.2) is 25.6 Å². The van der Waals surface area contributed by atoms with Gasteiger partial charge in [-0.3, -0.25) is 4.98 Å². The van der Waals surface area contributed by atoms with Crippen LogP contribution in [0.1, 0.15) is 26.3 Å². The molecule has 1 aromatic carbocycles. The van der Waals surface area contributed by atoms with Crippen LogP contribution in [0.2, 0.25) is 0 Å². The molecule has 182 valence electrons. The average Bonchev–Trinajstić information content (AvgIpc) is 3.21. The zero-order valence-corrected chi connectivity index (χ0v) is 21.2. The lowest BCUT2D eigenvalue weighted by Gasteiger charge is -2.30. The first-order chi connectivity index (χ1) is 15.7. The van der Waals surface area contributed by atoms with Gasteiger partial charge in [0, 0.05) is 43.0 Å². The summed E-state index contributed by atoms with van der Waals surface area (Å²) < 4.78 is 56.8. The molecule has 0 aliphatic rings. The van der Waals surface area contributed by atoms with Crippen molar-refractivity contribution in [2.75, 3.05) is 13.3 Å². The van der Waals surface area contributed by atoms with Crippen molar-refractivity contribution in [3.63, 3.8) is 0 Å². The molecule has 0 saturated heterocycles. The van der Waals surface area contributed by atoms with Gasteiger partial charge < -0.3 is 9.64 Å². The van der Waals surface area contributed by atoms with E-state index in [-0.39, 0.29) is 16.4 Å². The summed E-state index contributed by atoms with van der Waals surface area (Å²) in [6.45, 7) is 5.44. The second-order valence-corrected chi connectivity index (χ2v) is 12.6. The zero-order chi connectivity index (χ0) is 25.3. The van der Waals surface area contributed by atoms with Gasteiger partial charge in [0.05, 0.1) is 10.6 Å². The first-order valence-electron chi connectivity index (χ1n) is 10.3. The maximum absolute atomic E-state index is 13.4. The van der Waals surface area contributed by atoms with Gasteiger partial charge >= 0.3 is 6.09 Å². The number of aromatic nitrogens is 2. The van der Waals surface area contributed by atoms with E-state index < -0.39 is 31.5 Å². The molecular formula is C23H27N3O6S2. The predicted octanol–water partition coefficient (Wildman–Crippen LogP) is 3.56. The molecule has 0 spiro atoms. The van der Waals surface area contributed by atoms with Crippen LogP contribution in [-0.2, 0) is 31.2 Å². The highest BCUT2D eigenvalue weighted by molar-refractivity contribution is 7.90. The summed E-state index contributed by atoms with van der Waals surface area (Å²) in [6.07, 6.45) is 4.64. The SMILES string of the molecule is CN(C(=O)OCc1cc(-c2ccc(S(C)(=O)=O)cc2)n(S(=O)(=O)c2cccnc2)c1)C(C)(C)C. The van der Waals surface area contributed by atoms with Gasteiger partial charge in [-0.05, 0) is 56.7 Å². The van der Waals surface area contributed by atoms with Gasteiger partial charge in [0.15, 0.2) is 9.84 Å². The second kappa shape index (κ2) is 9.22. The number of amides is 1. The Bertz CT molecular complexity index is 1390. The third kappa shape index (κ3) is 5.48. The van der Waals surface area contributed by atoms with Crippen LogP contribution in [-0.4, -0.2) is 55.6 Å². The lowest BCUT2D eigenvalue weighted by Crippen LogP contribution is -2.42. The van der Waals surface area contributed by atoms with Crippen molar-refractivity contribution >= 4 is 26.0 Å². The Labute approximate surface area is 200 Å². The van der Waals surface area contributed by atoms with E-state index in [4.69, 9.17) is 4.74 Å². The molecule has 0 aliphatic heterocycles. The third-order valence-electron chi connectivity index (χ3n) is 5.25. The van der Waals surface area contributed by atoms with E-state index in [0.717, 1.165) is 10.2 Å². The molecule has 0 unspecified atom stereocenters. The third-order valence-corrected chi connectivity index (χ3v) is 8.04. The summed E-state index contributed by atoms with van der Waals surface area (Å²) in [5.74, 6) is 0. The second-order valence-electron chi connectivity index (χ2n) is 8.80. The molecular weight excluding hydrogens is 478 g/mol. The molecule has 2 heterocycles. The van der Waals surface area contributed by atoms with Crippen LogP contribution < -0.4 is 0 Å². The Kier molecular flexibility index (Phi) is 6.90. The minimum atomic E-state index is -4.03. The summed E-state index contributed by atoms with van der Waals surface area (Å²) in [5, 5.41) is 0. The molecule has 0 radical (unpaired) electrons. The van der Waals surface area contributed by atoms with Crippen molar-refractivity contribution in [2.45, 2.75) is 42.7 Å². The number of benzene rings is 1. The summed E-state index contributed by atoms with van der Waals surface area (Å²) in [4.78, 5) is 17.8. The van der Waals surface area contributed by atoms with Crippen molar-refractivity contribution in [2.24, 2.45) is 0 Å². The van der Waals surface area contributed by atoms with Gasteiger partial charge in [-0.15, -0.1) is 0 Å². The lowest BCUT2D eigenvalue weighted by molar-refractivity contribution is 0.0759. The predicted molar refractivity (Wildman–Crippen MR) is 127 cm³/mol. The maximum atomic E-state index is 13.4. The number of rotatable bonds is 6. The van der Waals surface area contributed by atoms with Gasteiger partial charge in [0.2, 0.25) is 0 Å². The fraction of sp³-hybridized carbons (Fsp3) is 0.304. The van der Waals surface area contributed by atoms with Crippen molar-refractivity contribution in [3.05, 3.63) is 66.6 Å². The number of nitrogens with zero attached hydrogens (tertiary/aromatic N) is 3. The van der Waals surface area contributed by atoms with Crippen LogP contribution in [0.3, 0.4) is 0 Å². The van der Waals surface area contributed by atoms with E-state index in [2.05, 4.69) is 4.98 Å². The van der Waals surface area contributed by atoms with Gasteiger partial charge in [0.25, 0.3) is 10.0 Å². The molecule has 0 bridgehead atoms. The summed E-state index contributed by atoms with van der Waals surface area (Å²) >= 11 is 0. The molecule has 11 heteroatoms. The van der Waals surface area contributed by atoms with E-state index in [1.807, 2.05) is 20.8 Å². The van der Waals surface area contributed by atoms with E-state index in [1.165, 1.54) is 59.9 Å². The van der Waals surface area contributed by atoms with E-state index in [1.54, 1.807) is 13.1 Å². The van der Waals surface area contributed by atoms with E-state index in [0.29, 0.717) is 16.8 Å². The molecule has 0 aliphatic carbocycles. The van der Waals surface area contributed by atoms with Crippen LogP contribution in [0.25, 0.3) is 11.3 Å². The molecule has 1 amide bonds. The minimum absolute atomic E-state index is 0.0179. The molecule has 0 saturated carbocycles. The molecule has 2 aromatic heterocycles. The van der Waals surface area contributed by atoms with Crippen molar-refractivity contribution in [1.29, 1.82) is 0 Å². The van der Waals surface area contributed by atoms with Crippen molar-refractivity contribution in [1.82, 2.24) is 13.9 Å². The molecule has 3 aromatic rings. The Morgan fingerprint density at radius 3 is 2.24 bits per heavy atom.